The second-order valence-corrected chi connectivity index (χ2v) is 7.60. The van der Waals surface area contributed by atoms with E-state index in [0.29, 0.717) is 15.5 Å². The van der Waals surface area contributed by atoms with Crippen LogP contribution in [0.2, 0.25) is 5.02 Å². The number of thiocarbonyl (C=S) groups is 1. The lowest BCUT2D eigenvalue weighted by Gasteiger charge is -2.16. The van der Waals surface area contributed by atoms with Gasteiger partial charge in [-0.05, 0) is 48.4 Å². The smallest absolute Gasteiger partial charge is 0.268 e. The van der Waals surface area contributed by atoms with Crippen LogP contribution in [0.4, 0.5) is 18.9 Å². The summed E-state index contributed by atoms with van der Waals surface area (Å²) >= 11 is 12.2. The monoisotopic (exact) mass is 413 g/mol. The van der Waals surface area contributed by atoms with Crippen molar-refractivity contribution in [3.63, 3.8) is 0 Å². The number of halogens is 4. The van der Waals surface area contributed by atoms with E-state index in [0.717, 1.165) is 34.4 Å². The summed E-state index contributed by atoms with van der Waals surface area (Å²) in [5, 5.41) is 0.568. The Labute approximate surface area is 162 Å². The summed E-state index contributed by atoms with van der Waals surface area (Å²) in [7, 11) is 0. The summed E-state index contributed by atoms with van der Waals surface area (Å²) in [6, 6.07) is 11.5. The summed E-state index contributed by atoms with van der Waals surface area (Å²) in [5.41, 5.74) is 0.746. The topological polar surface area (TPSA) is 20.3 Å². The van der Waals surface area contributed by atoms with E-state index in [1.54, 1.807) is 31.2 Å². The van der Waals surface area contributed by atoms with Crippen LogP contribution in [0.25, 0.3) is 5.57 Å². The minimum Gasteiger partial charge on any atom is -0.268 e. The van der Waals surface area contributed by atoms with Gasteiger partial charge in [-0.15, -0.1) is 0 Å². The molecule has 0 aromatic heterocycles. The molecule has 0 unspecified atom stereocenters. The van der Waals surface area contributed by atoms with Crippen molar-refractivity contribution in [1.82, 2.24) is 0 Å². The number of benzene rings is 2. The molecule has 1 heterocycles. The second kappa shape index (κ2) is 7.06. The third-order valence-electron chi connectivity index (χ3n) is 3.82. The van der Waals surface area contributed by atoms with Crippen LogP contribution in [-0.2, 0) is 11.0 Å². The number of carbonyl (C=O) groups is 1. The summed E-state index contributed by atoms with van der Waals surface area (Å²) < 4.78 is 39.0. The van der Waals surface area contributed by atoms with Crippen molar-refractivity contribution in [3.05, 3.63) is 69.6 Å². The van der Waals surface area contributed by atoms with E-state index in [-0.39, 0.29) is 10.0 Å². The molecule has 8 heteroatoms. The normalized spacial score (nSPS) is 17.0. The molecule has 0 saturated carbocycles. The van der Waals surface area contributed by atoms with Crippen LogP contribution in [0.1, 0.15) is 18.1 Å². The van der Waals surface area contributed by atoms with E-state index in [4.69, 9.17) is 23.8 Å². The van der Waals surface area contributed by atoms with Crippen LogP contribution >= 0.6 is 35.6 Å². The van der Waals surface area contributed by atoms with Gasteiger partial charge in [-0.3, -0.25) is 9.69 Å². The van der Waals surface area contributed by atoms with Gasteiger partial charge in [0.15, 0.2) is 4.32 Å². The van der Waals surface area contributed by atoms with Crippen molar-refractivity contribution in [2.24, 2.45) is 0 Å². The first-order valence-corrected chi connectivity index (χ1v) is 8.99. The molecule has 2 nitrogen and oxygen atoms in total. The standard InChI is InChI=1S/C18H11ClF3NOS2/c1-10(11-5-7-13(19)8-6-11)15-16(24)23(17(25)26-15)14-4-2-3-12(9-14)18(20,21)22/h2-9H,1H3/b15-10-. The molecule has 3 rings (SSSR count). The Bertz CT molecular complexity index is 923. The molecule has 0 N–H and O–H groups in total. The highest BCUT2D eigenvalue weighted by molar-refractivity contribution is 8.27. The van der Waals surface area contributed by atoms with Gasteiger partial charge >= 0.3 is 6.18 Å². The lowest BCUT2D eigenvalue weighted by Crippen LogP contribution is -2.28. The van der Waals surface area contributed by atoms with Gasteiger partial charge in [-0.2, -0.15) is 13.2 Å². The van der Waals surface area contributed by atoms with Crippen molar-refractivity contribution >= 4 is 57.1 Å². The number of rotatable bonds is 2. The lowest BCUT2D eigenvalue weighted by atomic mass is 10.1. The zero-order chi connectivity index (χ0) is 19.1. The molecule has 1 amide bonds. The highest BCUT2D eigenvalue weighted by Crippen LogP contribution is 2.40. The Morgan fingerprint density at radius 1 is 1.15 bits per heavy atom. The van der Waals surface area contributed by atoms with Crippen LogP contribution in [0.3, 0.4) is 0 Å². The van der Waals surface area contributed by atoms with E-state index >= 15 is 0 Å². The summed E-state index contributed by atoms with van der Waals surface area (Å²) in [4.78, 5) is 14.3. The number of hydrogen-bond acceptors (Lipinski definition) is 3. The van der Waals surface area contributed by atoms with Crippen molar-refractivity contribution < 1.29 is 18.0 Å². The Kier molecular flexibility index (Phi) is 5.14. The fraction of sp³-hybridized carbons (Fsp3) is 0.111. The van der Waals surface area contributed by atoms with Gasteiger partial charge in [0.05, 0.1) is 16.2 Å². The molecule has 134 valence electrons. The molecule has 0 radical (unpaired) electrons. The van der Waals surface area contributed by atoms with Gasteiger partial charge in [0.2, 0.25) is 0 Å². The van der Waals surface area contributed by atoms with Crippen molar-refractivity contribution in [2.45, 2.75) is 13.1 Å². The molecule has 0 bridgehead atoms. The molecule has 1 aliphatic rings. The molecular weight excluding hydrogens is 403 g/mol. The first kappa shape index (κ1) is 18.9. The number of anilines is 1. The van der Waals surface area contributed by atoms with Crippen molar-refractivity contribution in [3.8, 4) is 0 Å². The van der Waals surface area contributed by atoms with Crippen LogP contribution in [0.5, 0.6) is 0 Å². The van der Waals surface area contributed by atoms with E-state index < -0.39 is 17.6 Å². The van der Waals surface area contributed by atoms with Crippen LogP contribution in [0, 0.1) is 0 Å². The van der Waals surface area contributed by atoms with E-state index in [1.807, 2.05) is 0 Å². The number of carbonyl (C=O) groups excluding carboxylic acids is 1. The van der Waals surface area contributed by atoms with Gasteiger partial charge in [-0.1, -0.05) is 53.8 Å². The third-order valence-corrected chi connectivity index (χ3v) is 5.55. The number of hydrogen-bond donors (Lipinski definition) is 0. The number of thioether (sulfide) groups is 1. The first-order chi connectivity index (χ1) is 12.2. The summed E-state index contributed by atoms with van der Waals surface area (Å²) in [6.45, 7) is 1.77. The van der Waals surface area contributed by atoms with Crippen LogP contribution < -0.4 is 4.90 Å². The minimum atomic E-state index is -4.49. The van der Waals surface area contributed by atoms with Gasteiger partial charge in [0.1, 0.15) is 0 Å². The maximum atomic E-state index is 12.9. The zero-order valence-corrected chi connectivity index (χ0v) is 15.7. The molecular formula is C18H11ClF3NOS2. The largest absolute Gasteiger partial charge is 0.416 e. The number of alkyl halides is 3. The second-order valence-electron chi connectivity index (χ2n) is 5.52. The van der Waals surface area contributed by atoms with E-state index in [2.05, 4.69) is 0 Å². The Hall–Kier alpha value is -1.83. The number of nitrogens with zero attached hydrogens (tertiary/aromatic N) is 1. The van der Waals surface area contributed by atoms with Crippen molar-refractivity contribution in [2.75, 3.05) is 4.90 Å². The number of amides is 1. The quantitative estimate of drug-likeness (QED) is 0.434. The maximum Gasteiger partial charge on any atom is 0.416 e. The Morgan fingerprint density at radius 2 is 1.81 bits per heavy atom. The molecule has 0 aliphatic carbocycles. The van der Waals surface area contributed by atoms with Gasteiger partial charge in [0, 0.05) is 5.02 Å². The third kappa shape index (κ3) is 3.65. The Balaban J connectivity index is 2.00. The first-order valence-electron chi connectivity index (χ1n) is 7.39. The predicted molar refractivity (Wildman–Crippen MR) is 103 cm³/mol. The average Bonchev–Trinajstić information content (AvgIpc) is 2.89. The molecule has 26 heavy (non-hydrogen) atoms. The van der Waals surface area contributed by atoms with Crippen LogP contribution in [-0.4, -0.2) is 10.2 Å². The highest BCUT2D eigenvalue weighted by Gasteiger charge is 2.37. The predicted octanol–water partition coefficient (Wildman–Crippen LogP) is 6.15. The molecule has 1 aliphatic heterocycles. The zero-order valence-electron chi connectivity index (χ0n) is 13.3. The number of allylic oxidation sites excluding steroid dienone is 1. The highest BCUT2D eigenvalue weighted by atomic mass is 35.5. The SMILES string of the molecule is C/C(=C1/SC(=S)N(c2cccc(C(F)(F)F)c2)C1=O)c1ccc(Cl)cc1. The fourth-order valence-electron chi connectivity index (χ4n) is 2.47. The van der Waals surface area contributed by atoms with E-state index in [1.165, 1.54) is 12.1 Å². The lowest BCUT2D eigenvalue weighted by molar-refractivity contribution is -0.137. The maximum absolute atomic E-state index is 12.9. The average molecular weight is 414 g/mol. The van der Waals surface area contributed by atoms with Gasteiger partial charge in [-0.25, -0.2) is 0 Å². The molecule has 0 spiro atoms. The summed E-state index contributed by atoms with van der Waals surface area (Å²) in [6.07, 6.45) is -4.49. The minimum absolute atomic E-state index is 0.0984. The molecule has 2 aromatic rings. The molecule has 2 aromatic carbocycles. The molecule has 1 fully saturated rings. The van der Waals surface area contributed by atoms with Crippen molar-refractivity contribution in [1.29, 1.82) is 0 Å². The Morgan fingerprint density at radius 3 is 2.42 bits per heavy atom. The van der Waals surface area contributed by atoms with Crippen LogP contribution in [0.15, 0.2) is 53.4 Å². The summed E-state index contributed by atoms with van der Waals surface area (Å²) in [5.74, 6) is -0.438. The molecule has 1 saturated heterocycles. The van der Waals surface area contributed by atoms with E-state index in [9.17, 15) is 18.0 Å². The van der Waals surface area contributed by atoms with Gasteiger partial charge in [0.25, 0.3) is 5.91 Å². The fourth-order valence-corrected chi connectivity index (χ4v) is 3.94. The van der Waals surface area contributed by atoms with Gasteiger partial charge < -0.3 is 0 Å². The molecule has 0 atom stereocenters.